The van der Waals surface area contributed by atoms with Gasteiger partial charge < -0.3 is 15.2 Å². The Kier molecular flexibility index (Phi) is 6.46. The highest BCUT2D eigenvalue weighted by Crippen LogP contribution is 2.30. The number of rotatable bonds is 7. The van der Waals surface area contributed by atoms with E-state index in [1.165, 1.54) is 0 Å². The number of aliphatic carboxylic acids is 1. The van der Waals surface area contributed by atoms with Crippen molar-refractivity contribution in [1.29, 1.82) is 0 Å². The molecule has 31 heavy (non-hydrogen) atoms. The van der Waals surface area contributed by atoms with Crippen LogP contribution in [0.1, 0.15) is 25.7 Å². The van der Waals surface area contributed by atoms with Crippen LogP contribution in [0.2, 0.25) is 0 Å². The summed E-state index contributed by atoms with van der Waals surface area (Å²) in [6.07, 6.45) is 3.30. The van der Waals surface area contributed by atoms with Crippen molar-refractivity contribution in [3.63, 3.8) is 0 Å². The molecular formula is C25H27N3O3. The van der Waals surface area contributed by atoms with Crippen LogP contribution >= 0.6 is 0 Å². The first-order valence-electron chi connectivity index (χ1n) is 10.7. The lowest BCUT2D eigenvalue weighted by atomic mass is 9.82. The molecule has 0 spiro atoms. The quantitative estimate of drug-likeness (QED) is 0.555. The summed E-state index contributed by atoms with van der Waals surface area (Å²) >= 11 is 0. The summed E-state index contributed by atoms with van der Waals surface area (Å²) in [5.74, 6) is 0.956. The van der Waals surface area contributed by atoms with Crippen LogP contribution < -0.4 is 10.1 Å². The Morgan fingerprint density at radius 1 is 0.968 bits per heavy atom. The molecule has 2 aromatic carbocycles. The number of hydrogen-bond acceptors (Lipinski definition) is 5. The van der Waals surface area contributed by atoms with Crippen LogP contribution in [0.15, 0.2) is 60.7 Å². The Hall–Kier alpha value is -3.41. The van der Waals surface area contributed by atoms with Crippen molar-refractivity contribution in [2.45, 2.75) is 25.7 Å². The van der Waals surface area contributed by atoms with Gasteiger partial charge in [-0.25, -0.2) is 9.97 Å². The fourth-order valence-corrected chi connectivity index (χ4v) is 4.04. The normalized spacial score (nSPS) is 18.4. The van der Waals surface area contributed by atoms with Gasteiger partial charge in [0.15, 0.2) is 0 Å². The van der Waals surface area contributed by atoms with E-state index in [1.807, 2.05) is 60.7 Å². The Labute approximate surface area is 182 Å². The number of nitrogens with one attached hydrogen (secondary N) is 1. The molecule has 2 N–H and O–H groups in total. The average molecular weight is 418 g/mol. The number of aromatic nitrogens is 2. The lowest BCUT2D eigenvalue weighted by molar-refractivity contribution is -0.143. The predicted octanol–water partition coefficient (Wildman–Crippen LogP) is 5.12. The Bertz CT molecular complexity index is 1010. The lowest BCUT2D eigenvalue weighted by Gasteiger charge is -2.26. The zero-order valence-corrected chi connectivity index (χ0v) is 17.6. The number of carbonyl (C=O) groups is 1. The molecule has 160 valence electrons. The summed E-state index contributed by atoms with van der Waals surface area (Å²) in [6, 6.07) is 19.9. The van der Waals surface area contributed by atoms with Gasteiger partial charge in [-0.1, -0.05) is 30.3 Å². The average Bonchev–Trinajstić information content (AvgIpc) is 2.83. The molecule has 0 amide bonds. The zero-order chi connectivity index (χ0) is 21.6. The van der Waals surface area contributed by atoms with Gasteiger partial charge in [-0.15, -0.1) is 0 Å². The standard InChI is InChI=1S/C25H27N3O3/c1-31-21-13-11-19(12-14-21)23-15-22(18-5-3-2-4-6-18)27-25(28-23)26-16-17-7-9-20(10-8-17)24(29)30/h2-6,11-15,17,20H,7-10,16H2,1H3,(H,29,30)(H,26,27,28). The first-order chi connectivity index (χ1) is 15.1. The van der Waals surface area contributed by atoms with Gasteiger partial charge in [-0.3, -0.25) is 4.79 Å². The third-order valence-electron chi connectivity index (χ3n) is 5.93. The summed E-state index contributed by atoms with van der Waals surface area (Å²) in [5.41, 5.74) is 3.72. The molecule has 4 rings (SSSR count). The number of carboxylic acids is 1. The third kappa shape index (κ3) is 5.20. The van der Waals surface area contributed by atoms with Gasteiger partial charge in [-0.05, 0) is 61.9 Å². The number of ether oxygens (including phenoxy) is 1. The smallest absolute Gasteiger partial charge is 0.306 e. The van der Waals surface area contributed by atoms with Gasteiger partial charge in [-0.2, -0.15) is 0 Å². The molecule has 1 aromatic heterocycles. The summed E-state index contributed by atoms with van der Waals surface area (Å²) in [6.45, 7) is 0.743. The number of anilines is 1. The van der Waals surface area contributed by atoms with Crippen LogP contribution in [0.4, 0.5) is 5.95 Å². The molecule has 1 fully saturated rings. The minimum absolute atomic E-state index is 0.199. The van der Waals surface area contributed by atoms with Crippen LogP contribution in [0, 0.1) is 11.8 Å². The minimum atomic E-state index is -0.672. The monoisotopic (exact) mass is 417 g/mol. The van der Waals surface area contributed by atoms with Crippen molar-refractivity contribution in [2.75, 3.05) is 19.0 Å². The van der Waals surface area contributed by atoms with E-state index in [0.29, 0.717) is 11.9 Å². The van der Waals surface area contributed by atoms with E-state index in [0.717, 1.165) is 60.5 Å². The maximum absolute atomic E-state index is 11.2. The fourth-order valence-electron chi connectivity index (χ4n) is 4.04. The molecule has 1 heterocycles. The lowest BCUT2D eigenvalue weighted by Crippen LogP contribution is -2.25. The zero-order valence-electron chi connectivity index (χ0n) is 17.6. The van der Waals surface area contributed by atoms with E-state index in [9.17, 15) is 9.90 Å². The molecule has 1 aliphatic rings. The van der Waals surface area contributed by atoms with Crippen molar-refractivity contribution in [3.8, 4) is 28.3 Å². The molecule has 0 bridgehead atoms. The molecule has 6 heteroatoms. The minimum Gasteiger partial charge on any atom is -0.497 e. The van der Waals surface area contributed by atoms with Crippen LogP contribution in [-0.2, 0) is 4.79 Å². The molecule has 0 unspecified atom stereocenters. The third-order valence-corrected chi connectivity index (χ3v) is 5.93. The van der Waals surface area contributed by atoms with Crippen molar-refractivity contribution < 1.29 is 14.6 Å². The maximum Gasteiger partial charge on any atom is 0.306 e. The molecule has 0 saturated heterocycles. The summed E-state index contributed by atoms with van der Waals surface area (Å²) in [7, 11) is 1.65. The van der Waals surface area contributed by atoms with Crippen molar-refractivity contribution in [2.24, 2.45) is 11.8 Å². The maximum atomic E-state index is 11.2. The summed E-state index contributed by atoms with van der Waals surface area (Å²) < 4.78 is 5.27. The highest BCUT2D eigenvalue weighted by atomic mass is 16.5. The second kappa shape index (κ2) is 9.60. The molecule has 0 atom stereocenters. The van der Waals surface area contributed by atoms with Gasteiger partial charge >= 0.3 is 5.97 Å². The van der Waals surface area contributed by atoms with E-state index in [2.05, 4.69) is 5.32 Å². The van der Waals surface area contributed by atoms with E-state index in [1.54, 1.807) is 7.11 Å². The van der Waals surface area contributed by atoms with Gasteiger partial charge in [0, 0.05) is 17.7 Å². The molecule has 1 saturated carbocycles. The van der Waals surface area contributed by atoms with E-state index in [-0.39, 0.29) is 5.92 Å². The number of nitrogens with zero attached hydrogens (tertiary/aromatic N) is 2. The van der Waals surface area contributed by atoms with E-state index in [4.69, 9.17) is 14.7 Å². The SMILES string of the molecule is COc1ccc(-c2cc(-c3ccccc3)nc(NCC3CCC(C(=O)O)CC3)n2)cc1. The predicted molar refractivity (Wildman–Crippen MR) is 121 cm³/mol. The molecule has 6 nitrogen and oxygen atoms in total. The van der Waals surface area contributed by atoms with Crippen LogP contribution in [0.3, 0.4) is 0 Å². The fraction of sp³-hybridized carbons (Fsp3) is 0.320. The molecule has 3 aromatic rings. The van der Waals surface area contributed by atoms with Gasteiger partial charge in [0.05, 0.1) is 24.4 Å². The number of benzene rings is 2. The van der Waals surface area contributed by atoms with E-state index < -0.39 is 5.97 Å². The number of methoxy groups -OCH3 is 1. The van der Waals surface area contributed by atoms with Crippen LogP contribution in [0.25, 0.3) is 22.5 Å². The molecule has 1 aliphatic carbocycles. The van der Waals surface area contributed by atoms with E-state index >= 15 is 0 Å². The Morgan fingerprint density at radius 2 is 1.58 bits per heavy atom. The number of hydrogen-bond donors (Lipinski definition) is 2. The highest BCUT2D eigenvalue weighted by Gasteiger charge is 2.25. The Balaban J connectivity index is 1.55. The largest absolute Gasteiger partial charge is 0.497 e. The van der Waals surface area contributed by atoms with Crippen molar-refractivity contribution in [3.05, 3.63) is 60.7 Å². The highest BCUT2D eigenvalue weighted by molar-refractivity contribution is 5.70. The van der Waals surface area contributed by atoms with Crippen molar-refractivity contribution in [1.82, 2.24) is 9.97 Å². The summed E-state index contributed by atoms with van der Waals surface area (Å²) in [4.78, 5) is 20.7. The van der Waals surface area contributed by atoms with Gasteiger partial charge in [0.25, 0.3) is 0 Å². The Morgan fingerprint density at radius 3 is 2.16 bits per heavy atom. The second-order valence-electron chi connectivity index (χ2n) is 7.99. The number of carboxylic acid groups (broad SMARTS) is 1. The first kappa shape index (κ1) is 20.8. The topological polar surface area (TPSA) is 84.3 Å². The second-order valence-corrected chi connectivity index (χ2v) is 7.99. The first-order valence-corrected chi connectivity index (χ1v) is 10.7. The van der Waals surface area contributed by atoms with Crippen LogP contribution in [0.5, 0.6) is 5.75 Å². The van der Waals surface area contributed by atoms with Gasteiger partial charge in [0.1, 0.15) is 5.75 Å². The molecule has 0 aliphatic heterocycles. The molecular weight excluding hydrogens is 390 g/mol. The van der Waals surface area contributed by atoms with Crippen molar-refractivity contribution >= 4 is 11.9 Å². The van der Waals surface area contributed by atoms with Gasteiger partial charge in [0.2, 0.25) is 5.95 Å². The molecule has 0 radical (unpaired) electrons. The van der Waals surface area contributed by atoms with Crippen LogP contribution in [-0.4, -0.2) is 34.7 Å². The summed E-state index contributed by atoms with van der Waals surface area (Å²) in [5, 5.41) is 12.6.